The van der Waals surface area contributed by atoms with Gasteiger partial charge < -0.3 is 10.0 Å². The molecule has 0 spiro atoms. The quantitative estimate of drug-likeness (QED) is 0.572. The van der Waals surface area contributed by atoms with Gasteiger partial charge in [-0.25, -0.2) is 0 Å². The van der Waals surface area contributed by atoms with Gasteiger partial charge in [-0.1, -0.05) is 20.3 Å². The van der Waals surface area contributed by atoms with Crippen molar-refractivity contribution in [2.24, 2.45) is 5.92 Å². The zero-order chi connectivity index (χ0) is 16.2. The Bertz CT molecular complexity index is 554. The van der Waals surface area contributed by atoms with Crippen LogP contribution in [0.1, 0.15) is 36.5 Å². The molecule has 1 rings (SSSR count). The van der Waals surface area contributed by atoms with Crippen LogP contribution in [-0.4, -0.2) is 50.6 Å². The van der Waals surface area contributed by atoms with E-state index < -0.39 is 22.7 Å². The number of carboxylic acids is 1. The fraction of sp³-hybridized carbons (Fsp3) is 0.583. The number of carbonyl (C=O) groups excluding carboxylic acids is 1. The van der Waals surface area contributed by atoms with E-state index in [-0.39, 0.29) is 17.9 Å². The standard InChI is InChI=1S/C12H18N4O5/c1-4-5-8-10(16(20)21)9(14-13-8)11(17)15(3)6-7(2)12(18)19/h7H,4-6H2,1-3H3,(H,13,14)(H,18,19). The molecule has 0 fully saturated rings. The molecule has 21 heavy (non-hydrogen) atoms. The number of H-pyrrole nitrogens is 1. The molecule has 1 aromatic rings. The topological polar surface area (TPSA) is 129 Å². The number of aryl methyl sites for hydroxylation is 1. The van der Waals surface area contributed by atoms with Crippen LogP contribution in [0.2, 0.25) is 0 Å². The number of rotatable bonds is 7. The smallest absolute Gasteiger partial charge is 0.322 e. The number of aromatic amines is 1. The van der Waals surface area contributed by atoms with E-state index in [1.807, 2.05) is 6.92 Å². The van der Waals surface area contributed by atoms with Crippen LogP contribution in [0, 0.1) is 16.0 Å². The molecule has 9 nitrogen and oxygen atoms in total. The zero-order valence-electron chi connectivity index (χ0n) is 12.1. The summed E-state index contributed by atoms with van der Waals surface area (Å²) in [6, 6.07) is 0. The van der Waals surface area contributed by atoms with Crippen molar-refractivity contribution < 1.29 is 19.6 Å². The molecule has 116 valence electrons. The fourth-order valence-electron chi connectivity index (χ4n) is 1.89. The highest BCUT2D eigenvalue weighted by Crippen LogP contribution is 2.23. The SMILES string of the molecule is CCCc1[nH]nc(C(=O)N(C)CC(C)C(=O)O)c1[N+](=O)[O-]. The van der Waals surface area contributed by atoms with Crippen molar-refractivity contribution in [3.63, 3.8) is 0 Å². The average molecular weight is 298 g/mol. The maximum absolute atomic E-state index is 12.2. The average Bonchev–Trinajstić information content (AvgIpc) is 2.81. The molecule has 0 aromatic carbocycles. The molecule has 1 heterocycles. The van der Waals surface area contributed by atoms with Crippen molar-refractivity contribution in [1.82, 2.24) is 15.1 Å². The van der Waals surface area contributed by atoms with Gasteiger partial charge in [-0.15, -0.1) is 0 Å². The van der Waals surface area contributed by atoms with Crippen LogP contribution < -0.4 is 0 Å². The normalized spacial score (nSPS) is 12.0. The monoisotopic (exact) mass is 298 g/mol. The minimum atomic E-state index is -1.04. The number of nitrogens with one attached hydrogen (secondary N) is 1. The molecule has 0 bridgehead atoms. The van der Waals surface area contributed by atoms with Crippen LogP contribution in [0.5, 0.6) is 0 Å². The highest BCUT2D eigenvalue weighted by Gasteiger charge is 2.31. The van der Waals surface area contributed by atoms with Crippen LogP contribution in [0.15, 0.2) is 0 Å². The predicted molar refractivity (Wildman–Crippen MR) is 73.0 cm³/mol. The third kappa shape index (κ3) is 3.77. The van der Waals surface area contributed by atoms with E-state index in [4.69, 9.17) is 5.11 Å². The summed E-state index contributed by atoms with van der Waals surface area (Å²) in [7, 11) is 1.39. The Morgan fingerprint density at radius 1 is 1.52 bits per heavy atom. The first kappa shape index (κ1) is 16.6. The van der Waals surface area contributed by atoms with Crippen LogP contribution in [0.3, 0.4) is 0 Å². The Balaban J connectivity index is 3.01. The molecule has 1 unspecified atom stereocenters. The Kier molecular flexibility index (Phi) is 5.39. The third-order valence-electron chi connectivity index (χ3n) is 3.01. The number of aromatic nitrogens is 2. The second kappa shape index (κ2) is 6.82. The Morgan fingerprint density at radius 2 is 2.14 bits per heavy atom. The first-order valence-corrected chi connectivity index (χ1v) is 6.49. The summed E-state index contributed by atoms with van der Waals surface area (Å²) in [5, 5.41) is 26.2. The molecule has 1 aromatic heterocycles. The summed E-state index contributed by atoms with van der Waals surface area (Å²) in [5.74, 6) is -2.49. The second-order valence-corrected chi connectivity index (χ2v) is 4.83. The zero-order valence-corrected chi connectivity index (χ0v) is 12.1. The van der Waals surface area contributed by atoms with Gasteiger partial charge in [0.2, 0.25) is 5.69 Å². The Morgan fingerprint density at radius 3 is 2.62 bits per heavy atom. The molecule has 0 saturated heterocycles. The van der Waals surface area contributed by atoms with E-state index in [9.17, 15) is 19.7 Å². The van der Waals surface area contributed by atoms with Crippen LogP contribution in [0.25, 0.3) is 0 Å². The van der Waals surface area contributed by atoms with Crippen molar-refractivity contribution in [2.45, 2.75) is 26.7 Å². The molecule has 1 atom stereocenters. The molecule has 0 aliphatic heterocycles. The van der Waals surface area contributed by atoms with E-state index in [0.29, 0.717) is 18.5 Å². The van der Waals surface area contributed by atoms with Crippen LogP contribution in [0.4, 0.5) is 5.69 Å². The Labute approximate surface area is 121 Å². The molecule has 0 aliphatic carbocycles. The van der Waals surface area contributed by atoms with Gasteiger partial charge in [0.15, 0.2) is 0 Å². The summed E-state index contributed by atoms with van der Waals surface area (Å²) in [6.07, 6.45) is 1.08. The molecule has 2 N–H and O–H groups in total. The van der Waals surface area contributed by atoms with Crippen molar-refractivity contribution in [2.75, 3.05) is 13.6 Å². The number of hydrogen-bond acceptors (Lipinski definition) is 5. The van der Waals surface area contributed by atoms with Gasteiger partial charge in [0.25, 0.3) is 5.91 Å². The van der Waals surface area contributed by atoms with Crippen molar-refractivity contribution in [3.8, 4) is 0 Å². The van der Waals surface area contributed by atoms with Crippen LogP contribution >= 0.6 is 0 Å². The number of hydrogen-bond donors (Lipinski definition) is 2. The number of carbonyl (C=O) groups is 2. The highest BCUT2D eigenvalue weighted by atomic mass is 16.6. The second-order valence-electron chi connectivity index (χ2n) is 4.83. The van der Waals surface area contributed by atoms with Gasteiger partial charge in [0.1, 0.15) is 5.69 Å². The van der Waals surface area contributed by atoms with Gasteiger partial charge in [0.05, 0.1) is 10.8 Å². The maximum Gasteiger partial charge on any atom is 0.322 e. The molecule has 0 saturated carbocycles. The number of nitrogens with zero attached hydrogens (tertiary/aromatic N) is 3. The number of amides is 1. The van der Waals surface area contributed by atoms with E-state index in [0.717, 1.165) is 4.90 Å². The van der Waals surface area contributed by atoms with Gasteiger partial charge >= 0.3 is 11.7 Å². The molecule has 9 heteroatoms. The molecular weight excluding hydrogens is 280 g/mol. The summed E-state index contributed by atoms with van der Waals surface area (Å²) in [5.41, 5.74) is -0.328. The minimum absolute atomic E-state index is 0.0543. The Hall–Kier alpha value is -2.45. The first-order chi connectivity index (χ1) is 9.79. The van der Waals surface area contributed by atoms with E-state index >= 15 is 0 Å². The van der Waals surface area contributed by atoms with Crippen LogP contribution in [-0.2, 0) is 11.2 Å². The number of nitro groups is 1. The fourth-order valence-corrected chi connectivity index (χ4v) is 1.89. The third-order valence-corrected chi connectivity index (χ3v) is 3.01. The van der Waals surface area contributed by atoms with E-state index in [1.165, 1.54) is 14.0 Å². The van der Waals surface area contributed by atoms with Gasteiger partial charge in [0, 0.05) is 13.6 Å². The number of carboxylic acid groups (broad SMARTS) is 1. The molecule has 0 aliphatic rings. The van der Waals surface area contributed by atoms with Crippen molar-refractivity contribution >= 4 is 17.6 Å². The lowest BCUT2D eigenvalue weighted by atomic mass is 10.1. The lowest BCUT2D eigenvalue weighted by Gasteiger charge is -2.17. The number of aliphatic carboxylic acids is 1. The lowest BCUT2D eigenvalue weighted by molar-refractivity contribution is -0.385. The summed E-state index contributed by atoms with van der Waals surface area (Å²) in [4.78, 5) is 34.6. The summed E-state index contributed by atoms with van der Waals surface area (Å²) < 4.78 is 0. The van der Waals surface area contributed by atoms with Crippen molar-refractivity contribution in [3.05, 3.63) is 21.5 Å². The molecule has 0 radical (unpaired) electrons. The van der Waals surface area contributed by atoms with Gasteiger partial charge in [-0.2, -0.15) is 5.10 Å². The van der Waals surface area contributed by atoms with E-state index in [1.54, 1.807) is 0 Å². The minimum Gasteiger partial charge on any atom is -0.481 e. The summed E-state index contributed by atoms with van der Waals surface area (Å²) >= 11 is 0. The highest BCUT2D eigenvalue weighted by molar-refractivity contribution is 5.96. The lowest BCUT2D eigenvalue weighted by Crippen LogP contribution is -2.34. The molecule has 1 amide bonds. The maximum atomic E-state index is 12.2. The van der Waals surface area contributed by atoms with Crippen molar-refractivity contribution in [1.29, 1.82) is 0 Å². The van der Waals surface area contributed by atoms with Gasteiger partial charge in [-0.3, -0.25) is 24.8 Å². The largest absolute Gasteiger partial charge is 0.481 e. The summed E-state index contributed by atoms with van der Waals surface area (Å²) in [6.45, 7) is 3.25. The first-order valence-electron chi connectivity index (χ1n) is 6.49. The predicted octanol–water partition coefficient (Wildman–Crippen LogP) is 1.06. The van der Waals surface area contributed by atoms with E-state index in [2.05, 4.69) is 10.2 Å². The molecular formula is C12H18N4O5. The van der Waals surface area contributed by atoms with Gasteiger partial charge in [-0.05, 0) is 6.42 Å².